The van der Waals surface area contributed by atoms with Crippen LogP contribution in [-0.4, -0.2) is 104 Å². The van der Waals surface area contributed by atoms with Gasteiger partial charge in [-0.25, -0.2) is 14.0 Å². The van der Waals surface area contributed by atoms with Gasteiger partial charge in [-0.2, -0.15) is 26.3 Å². The highest BCUT2D eigenvalue weighted by atomic mass is 19.4. The summed E-state index contributed by atoms with van der Waals surface area (Å²) >= 11 is 0. The van der Waals surface area contributed by atoms with Gasteiger partial charge in [0.2, 0.25) is 0 Å². The molecule has 0 unspecified atom stereocenters. The fraction of sp³-hybridized carbons (Fsp3) is 0.481. The van der Waals surface area contributed by atoms with Gasteiger partial charge in [-0.05, 0) is 36.4 Å². The molecule has 236 valence electrons. The molecule has 0 aromatic heterocycles. The number of alkyl halides is 6. The largest absolute Gasteiger partial charge is 0.420 e. The highest BCUT2D eigenvalue weighted by Crippen LogP contribution is 2.47. The van der Waals surface area contributed by atoms with Crippen molar-refractivity contribution in [2.75, 3.05) is 82.4 Å². The fourth-order valence-corrected chi connectivity index (χ4v) is 4.88. The lowest BCUT2D eigenvalue weighted by molar-refractivity contribution is -0.143. The summed E-state index contributed by atoms with van der Waals surface area (Å²) in [4.78, 5) is 33.1. The average molecular weight is 622 g/mol. The van der Waals surface area contributed by atoms with E-state index >= 15 is 0 Å². The Morgan fingerprint density at radius 2 is 1.49 bits per heavy atom. The Bertz CT molecular complexity index is 1300. The van der Waals surface area contributed by atoms with Crippen molar-refractivity contribution in [2.24, 2.45) is 0 Å². The van der Waals surface area contributed by atoms with Crippen LogP contribution in [0.25, 0.3) is 0 Å². The standard InChI is InChI=1S/C27H30F7N5O4/c1-35(20-4-2-19(28)3-5-20)25(42)43-23-21(27(32,33)34)16-18(26(29,30)31)17-22(23)39-13-12-38(24(39)41)11-10-36-6-8-37(9-7-36)14-15-40/h2-5,16-17,40H,6-15H2,1H3. The molecule has 0 saturated carbocycles. The van der Waals surface area contributed by atoms with Crippen molar-refractivity contribution in [3.8, 4) is 5.75 Å². The Morgan fingerprint density at radius 3 is 2.05 bits per heavy atom. The number of aliphatic hydroxyl groups is 1. The smallest absolute Gasteiger partial charge is 0.407 e. The van der Waals surface area contributed by atoms with Crippen LogP contribution in [0.15, 0.2) is 36.4 Å². The predicted octanol–water partition coefficient (Wildman–Crippen LogP) is 4.35. The molecule has 0 bridgehead atoms. The molecule has 2 fully saturated rings. The van der Waals surface area contributed by atoms with Crippen molar-refractivity contribution in [3.63, 3.8) is 0 Å². The minimum absolute atomic E-state index is 0.0176. The summed E-state index contributed by atoms with van der Waals surface area (Å²) in [5, 5.41) is 9.09. The lowest BCUT2D eigenvalue weighted by Crippen LogP contribution is -2.49. The summed E-state index contributed by atoms with van der Waals surface area (Å²) in [6, 6.07) is 3.66. The Morgan fingerprint density at radius 1 is 0.884 bits per heavy atom. The van der Waals surface area contributed by atoms with Gasteiger partial charge in [0, 0.05) is 71.6 Å². The van der Waals surface area contributed by atoms with Gasteiger partial charge in [-0.15, -0.1) is 0 Å². The number of nitrogens with zero attached hydrogens (tertiary/aromatic N) is 5. The predicted molar refractivity (Wildman–Crippen MR) is 142 cm³/mol. The monoisotopic (exact) mass is 621 g/mol. The van der Waals surface area contributed by atoms with Gasteiger partial charge < -0.3 is 14.7 Å². The zero-order valence-electron chi connectivity index (χ0n) is 23.1. The number of aliphatic hydroxyl groups excluding tert-OH is 1. The SMILES string of the molecule is CN(C(=O)Oc1c(N2CCN(CCN3CCN(CCO)CC3)C2=O)cc(C(F)(F)F)cc1C(F)(F)F)c1ccc(F)cc1. The van der Waals surface area contributed by atoms with Crippen LogP contribution >= 0.6 is 0 Å². The molecule has 2 aliphatic heterocycles. The number of amides is 3. The van der Waals surface area contributed by atoms with Crippen molar-refractivity contribution >= 4 is 23.5 Å². The molecule has 3 amide bonds. The average Bonchev–Trinajstić information content (AvgIpc) is 3.31. The summed E-state index contributed by atoms with van der Waals surface area (Å²) in [5.41, 5.74) is -4.37. The summed E-state index contributed by atoms with van der Waals surface area (Å²) in [6.07, 6.45) is -12.0. The van der Waals surface area contributed by atoms with E-state index < -0.39 is 52.9 Å². The summed E-state index contributed by atoms with van der Waals surface area (Å²) in [5.74, 6) is -1.90. The lowest BCUT2D eigenvalue weighted by Gasteiger charge is -2.35. The molecule has 2 saturated heterocycles. The Hall–Kier alpha value is -3.63. The number of hydrogen-bond donors (Lipinski definition) is 1. The highest BCUT2D eigenvalue weighted by Gasteiger charge is 2.44. The number of anilines is 2. The van der Waals surface area contributed by atoms with Crippen LogP contribution in [0, 0.1) is 5.82 Å². The van der Waals surface area contributed by atoms with Crippen molar-refractivity contribution in [3.05, 3.63) is 53.3 Å². The Kier molecular flexibility index (Phi) is 9.71. The van der Waals surface area contributed by atoms with Gasteiger partial charge in [0.15, 0.2) is 5.75 Å². The number of carbonyl (C=O) groups is 2. The van der Waals surface area contributed by atoms with Gasteiger partial charge in [0.05, 0.1) is 17.9 Å². The van der Waals surface area contributed by atoms with E-state index in [1.807, 2.05) is 0 Å². The maximum absolute atomic E-state index is 14.1. The quantitative estimate of drug-likeness (QED) is 0.442. The zero-order chi connectivity index (χ0) is 31.5. The Labute approximate surface area is 242 Å². The summed E-state index contributed by atoms with van der Waals surface area (Å²) in [7, 11) is 1.12. The molecule has 0 aliphatic carbocycles. The number of urea groups is 1. The second-order valence-electron chi connectivity index (χ2n) is 10.1. The molecule has 0 radical (unpaired) electrons. The minimum atomic E-state index is -5.39. The van der Waals surface area contributed by atoms with Crippen LogP contribution in [-0.2, 0) is 12.4 Å². The summed E-state index contributed by atoms with van der Waals surface area (Å²) < 4.78 is 102. The molecule has 16 heteroatoms. The molecule has 1 N–H and O–H groups in total. The first-order valence-electron chi connectivity index (χ1n) is 13.3. The maximum atomic E-state index is 14.1. The first kappa shape index (κ1) is 32.3. The molecule has 2 aliphatic rings. The van der Waals surface area contributed by atoms with Gasteiger partial charge >= 0.3 is 24.5 Å². The van der Waals surface area contributed by atoms with E-state index in [-0.39, 0.29) is 38.0 Å². The van der Waals surface area contributed by atoms with Crippen LogP contribution in [0.4, 0.5) is 51.7 Å². The minimum Gasteiger partial charge on any atom is -0.407 e. The molecular formula is C27H30F7N5O4. The summed E-state index contributed by atoms with van der Waals surface area (Å²) in [6.45, 7) is 3.66. The molecule has 43 heavy (non-hydrogen) atoms. The number of piperazine rings is 1. The van der Waals surface area contributed by atoms with Crippen LogP contribution in [0.5, 0.6) is 5.75 Å². The third kappa shape index (κ3) is 7.67. The second kappa shape index (κ2) is 12.9. The van der Waals surface area contributed by atoms with Crippen molar-refractivity contribution < 1.29 is 50.2 Å². The van der Waals surface area contributed by atoms with Crippen LogP contribution < -0.4 is 14.5 Å². The number of benzene rings is 2. The maximum Gasteiger partial charge on any atom is 0.420 e. The number of carbonyl (C=O) groups excluding carboxylic acids is 2. The number of hydrogen-bond acceptors (Lipinski definition) is 6. The van der Waals surface area contributed by atoms with E-state index in [0.29, 0.717) is 45.3 Å². The highest BCUT2D eigenvalue weighted by molar-refractivity contribution is 5.97. The van der Waals surface area contributed by atoms with E-state index in [1.165, 1.54) is 4.90 Å². The normalized spacial score (nSPS) is 17.1. The Balaban J connectivity index is 1.61. The first-order valence-corrected chi connectivity index (χ1v) is 13.3. The van der Waals surface area contributed by atoms with Crippen molar-refractivity contribution in [1.29, 1.82) is 0 Å². The van der Waals surface area contributed by atoms with Gasteiger partial charge in [-0.3, -0.25) is 19.6 Å². The topological polar surface area (TPSA) is 79.8 Å². The molecule has 4 rings (SSSR count). The molecule has 0 atom stereocenters. The van der Waals surface area contributed by atoms with Gasteiger partial charge in [0.1, 0.15) is 11.4 Å². The van der Waals surface area contributed by atoms with E-state index in [9.17, 15) is 40.3 Å². The van der Waals surface area contributed by atoms with E-state index in [1.54, 1.807) is 0 Å². The van der Waals surface area contributed by atoms with Crippen molar-refractivity contribution in [2.45, 2.75) is 12.4 Å². The van der Waals surface area contributed by atoms with Crippen molar-refractivity contribution in [1.82, 2.24) is 14.7 Å². The zero-order valence-corrected chi connectivity index (χ0v) is 23.1. The molecule has 9 nitrogen and oxygen atoms in total. The molecule has 2 heterocycles. The molecule has 2 aromatic rings. The molecular weight excluding hydrogens is 591 g/mol. The van der Waals surface area contributed by atoms with E-state index in [0.717, 1.165) is 41.1 Å². The third-order valence-electron chi connectivity index (χ3n) is 7.33. The van der Waals surface area contributed by atoms with E-state index in [2.05, 4.69) is 9.80 Å². The second-order valence-corrected chi connectivity index (χ2v) is 10.1. The lowest BCUT2D eigenvalue weighted by atomic mass is 10.1. The van der Waals surface area contributed by atoms with Crippen LogP contribution in [0.3, 0.4) is 0 Å². The molecule has 2 aromatic carbocycles. The molecule has 0 spiro atoms. The number of halogens is 7. The first-order chi connectivity index (χ1) is 20.2. The van der Waals surface area contributed by atoms with Crippen LogP contribution in [0.2, 0.25) is 0 Å². The number of β-amino-alcohol motifs (C(OH)–C–C–N with tert-alkyl or cyclic N) is 1. The third-order valence-corrected chi connectivity index (χ3v) is 7.33. The number of ether oxygens (including phenoxy) is 1. The number of rotatable bonds is 8. The van der Waals surface area contributed by atoms with E-state index in [4.69, 9.17) is 9.84 Å². The van der Waals surface area contributed by atoms with Gasteiger partial charge in [-0.1, -0.05) is 0 Å². The van der Waals surface area contributed by atoms with Crippen LogP contribution in [0.1, 0.15) is 11.1 Å². The fourth-order valence-electron chi connectivity index (χ4n) is 4.88. The van der Waals surface area contributed by atoms with Gasteiger partial charge in [0.25, 0.3) is 0 Å².